The molecule has 2 heterocycles. The van der Waals surface area contributed by atoms with E-state index in [1.54, 1.807) is 0 Å². The van der Waals surface area contributed by atoms with Gasteiger partial charge in [0.2, 0.25) is 0 Å². The van der Waals surface area contributed by atoms with E-state index < -0.39 is 6.10 Å². The first kappa shape index (κ1) is 14.8. The third-order valence-corrected chi connectivity index (χ3v) is 4.51. The fourth-order valence-corrected chi connectivity index (χ4v) is 3.43. The van der Waals surface area contributed by atoms with Crippen molar-refractivity contribution in [3.8, 4) is 5.75 Å². The lowest BCUT2D eigenvalue weighted by atomic mass is 9.97. The minimum absolute atomic E-state index is 0.0844. The summed E-state index contributed by atoms with van der Waals surface area (Å²) >= 11 is 0. The summed E-state index contributed by atoms with van der Waals surface area (Å²) in [6, 6.07) is 7.92. The maximum Gasteiger partial charge on any atom is 0.125 e. The maximum atomic E-state index is 10.6. The quantitative estimate of drug-likeness (QED) is 0.920. The SMILES string of the molecule is CC(C)CN1CCN(C2COc3ccccc3C2O)CC1. The molecule has 1 fully saturated rings. The number of rotatable bonds is 3. The van der Waals surface area contributed by atoms with Gasteiger partial charge in [-0.25, -0.2) is 0 Å². The molecule has 2 aliphatic rings. The predicted octanol–water partition coefficient (Wildman–Crippen LogP) is 1.75. The van der Waals surface area contributed by atoms with E-state index in [1.165, 1.54) is 6.54 Å². The lowest BCUT2D eigenvalue weighted by Gasteiger charge is -2.43. The highest BCUT2D eigenvalue weighted by atomic mass is 16.5. The van der Waals surface area contributed by atoms with Crippen molar-refractivity contribution < 1.29 is 9.84 Å². The Morgan fingerprint density at radius 1 is 1.19 bits per heavy atom. The normalized spacial score (nSPS) is 27.4. The molecule has 0 aliphatic carbocycles. The third-order valence-electron chi connectivity index (χ3n) is 4.51. The number of ether oxygens (including phenoxy) is 1. The number of aliphatic hydroxyl groups excluding tert-OH is 1. The molecule has 0 radical (unpaired) electrons. The first-order valence-electron chi connectivity index (χ1n) is 8.01. The molecule has 116 valence electrons. The molecular formula is C17H26N2O2. The summed E-state index contributed by atoms with van der Waals surface area (Å²) in [5.74, 6) is 1.55. The van der Waals surface area contributed by atoms with Gasteiger partial charge >= 0.3 is 0 Å². The van der Waals surface area contributed by atoms with Crippen LogP contribution in [-0.2, 0) is 0 Å². The second-order valence-corrected chi connectivity index (χ2v) is 6.59. The van der Waals surface area contributed by atoms with Gasteiger partial charge in [0.1, 0.15) is 18.5 Å². The minimum atomic E-state index is -0.438. The topological polar surface area (TPSA) is 35.9 Å². The van der Waals surface area contributed by atoms with Crippen LogP contribution >= 0.6 is 0 Å². The molecule has 2 aliphatic heterocycles. The van der Waals surface area contributed by atoms with Crippen molar-refractivity contribution in [2.24, 2.45) is 5.92 Å². The number of piperazine rings is 1. The van der Waals surface area contributed by atoms with Crippen molar-refractivity contribution in [1.82, 2.24) is 9.80 Å². The minimum Gasteiger partial charge on any atom is -0.491 e. The zero-order valence-corrected chi connectivity index (χ0v) is 13.0. The first-order valence-corrected chi connectivity index (χ1v) is 8.01. The fourth-order valence-electron chi connectivity index (χ4n) is 3.43. The van der Waals surface area contributed by atoms with Gasteiger partial charge in [0.05, 0.1) is 6.04 Å². The Morgan fingerprint density at radius 2 is 1.90 bits per heavy atom. The van der Waals surface area contributed by atoms with Crippen LogP contribution in [0.2, 0.25) is 0 Å². The van der Waals surface area contributed by atoms with Crippen LogP contribution < -0.4 is 4.74 Å². The molecule has 21 heavy (non-hydrogen) atoms. The number of para-hydroxylation sites is 1. The van der Waals surface area contributed by atoms with Crippen LogP contribution in [0.15, 0.2) is 24.3 Å². The van der Waals surface area contributed by atoms with Crippen LogP contribution in [0.3, 0.4) is 0 Å². The molecule has 4 heteroatoms. The highest BCUT2D eigenvalue weighted by Gasteiger charge is 2.34. The van der Waals surface area contributed by atoms with E-state index in [-0.39, 0.29) is 6.04 Å². The molecule has 0 bridgehead atoms. The first-order chi connectivity index (χ1) is 10.1. The second kappa shape index (κ2) is 6.34. The van der Waals surface area contributed by atoms with Crippen LogP contribution in [0.4, 0.5) is 0 Å². The molecule has 0 amide bonds. The Bertz CT molecular complexity index is 470. The third kappa shape index (κ3) is 3.23. The molecule has 1 aromatic carbocycles. The smallest absolute Gasteiger partial charge is 0.125 e. The van der Waals surface area contributed by atoms with E-state index in [4.69, 9.17) is 4.74 Å². The van der Waals surface area contributed by atoms with E-state index in [1.807, 2.05) is 24.3 Å². The molecular weight excluding hydrogens is 264 g/mol. The molecule has 0 saturated carbocycles. The summed E-state index contributed by atoms with van der Waals surface area (Å²) in [6.45, 7) is 10.5. The molecule has 1 N–H and O–H groups in total. The lowest BCUT2D eigenvalue weighted by molar-refractivity contribution is -0.0184. The molecule has 1 saturated heterocycles. The summed E-state index contributed by atoms with van der Waals surface area (Å²) in [5.41, 5.74) is 0.929. The Kier molecular flexibility index (Phi) is 4.48. The zero-order valence-electron chi connectivity index (χ0n) is 13.0. The number of hydrogen-bond acceptors (Lipinski definition) is 4. The van der Waals surface area contributed by atoms with Crippen molar-refractivity contribution in [2.75, 3.05) is 39.3 Å². The molecule has 4 nitrogen and oxygen atoms in total. The van der Waals surface area contributed by atoms with Crippen LogP contribution in [0, 0.1) is 5.92 Å². The summed E-state index contributed by atoms with van der Waals surface area (Å²) in [4.78, 5) is 4.91. The van der Waals surface area contributed by atoms with Crippen LogP contribution in [0.1, 0.15) is 25.5 Å². The van der Waals surface area contributed by atoms with E-state index >= 15 is 0 Å². The maximum absolute atomic E-state index is 10.6. The predicted molar refractivity (Wildman–Crippen MR) is 83.5 cm³/mol. The number of fused-ring (bicyclic) bond motifs is 1. The van der Waals surface area contributed by atoms with E-state index in [9.17, 15) is 5.11 Å². The summed E-state index contributed by atoms with van der Waals surface area (Å²) < 4.78 is 5.84. The van der Waals surface area contributed by atoms with Gasteiger partial charge in [-0.05, 0) is 12.0 Å². The Labute approximate surface area is 127 Å². The van der Waals surface area contributed by atoms with E-state index in [2.05, 4.69) is 23.6 Å². The standard InChI is InChI=1S/C17H26N2O2/c1-13(2)11-18-7-9-19(10-8-18)15-12-21-16-6-4-3-5-14(16)17(15)20/h3-6,13,15,17,20H,7-12H2,1-2H3. The van der Waals surface area contributed by atoms with Crippen molar-refractivity contribution in [3.63, 3.8) is 0 Å². The van der Waals surface area contributed by atoms with Crippen LogP contribution in [0.25, 0.3) is 0 Å². The van der Waals surface area contributed by atoms with Gasteiger partial charge < -0.3 is 14.7 Å². The summed E-state index contributed by atoms with van der Waals surface area (Å²) in [6.07, 6.45) is -0.438. The molecule has 2 unspecified atom stereocenters. The van der Waals surface area contributed by atoms with Gasteiger partial charge in [0.15, 0.2) is 0 Å². The fraction of sp³-hybridized carbons (Fsp3) is 0.647. The molecule has 3 rings (SSSR count). The Balaban J connectivity index is 1.62. The second-order valence-electron chi connectivity index (χ2n) is 6.59. The van der Waals surface area contributed by atoms with Crippen LogP contribution in [-0.4, -0.2) is 60.3 Å². The average Bonchev–Trinajstić information content (AvgIpc) is 2.48. The summed E-state index contributed by atoms with van der Waals surface area (Å²) in [5, 5.41) is 10.6. The van der Waals surface area contributed by atoms with Gasteiger partial charge in [-0.1, -0.05) is 32.0 Å². The van der Waals surface area contributed by atoms with Gasteiger partial charge in [-0.15, -0.1) is 0 Å². The summed E-state index contributed by atoms with van der Waals surface area (Å²) in [7, 11) is 0. The number of aliphatic hydroxyl groups is 1. The molecule has 0 aromatic heterocycles. The van der Waals surface area contributed by atoms with Crippen molar-refractivity contribution in [3.05, 3.63) is 29.8 Å². The van der Waals surface area contributed by atoms with Gasteiger partial charge in [-0.3, -0.25) is 4.90 Å². The number of hydrogen-bond donors (Lipinski definition) is 1. The molecule has 0 spiro atoms. The average molecular weight is 290 g/mol. The van der Waals surface area contributed by atoms with E-state index in [0.29, 0.717) is 12.5 Å². The van der Waals surface area contributed by atoms with Crippen LogP contribution in [0.5, 0.6) is 5.75 Å². The van der Waals surface area contributed by atoms with Crippen molar-refractivity contribution >= 4 is 0 Å². The largest absolute Gasteiger partial charge is 0.491 e. The van der Waals surface area contributed by atoms with Gasteiger partial charge in [-0.2, -0.15) is 0 Å². The van der Waals surface area contributed by atoms with Gasteiger partial charge in [0.25, 0.3) is 0 Å². The van der Waals surface area contributed by atoms with Gasteiger partial charge in [0, 0.05) is 38.3 Å². The van der Waals surface area contributed by atoms with E-state index in [0.717, 1.165) is 37.5 Å². The highest BCUT2D eigenvalue weighted by Crippen LogP contribution is 2.34. The Morgan fingerprint density at radius 3 is 2.62 bits per heavy atom. The van der Waals surface area contributed by atoms with Crippen molar-refractivity contribution in [2.45, 2.75) is 26.0 Å². The van der Waals surface area contributed by atoms with Crippen molar-refractivity contribution in [1.29, 1.82) is 0 Å². The highest BCUT2D eigenvalue weighted by molar-refractivity contribution is 5.37. The monoisotopic (exact) mass is 290 g/mol. The number of nitrogens with zero attached hydrogens (tertiary/aromatic N) is 2. The molecule has 2 atom stereocenters. The Hall–Kier alpha value is -1.10. The lowest BCUT2D eigenvalue weighted by Crippen LogP contribution is -2.55. The molecule has 1 aromatic rings. The number of benzene rings is 1. The zero-order chi connectivity index (χ0) is 14.8.